The average molecular weight is 485 g/mol. The van der Waals surface area contributed by atoms with Crippen LogP contribution in [0.5, 0.6) is 0 Å². The first-order valence-corrected chi connectivity index (χ1v) is 17.4. The van der Waals surface area contributed by atoms with Crippen molar-refractivity contribution in [1.29, 1.82) is 0 Å². The van der Waals surface area contributed by atoms with Gasteiger partial charge in [-0.3, -0.25) is 14.3 Å². The number of ether oxygens (including phenoxy) is 1. The Hall–Kier alpha value is -1.01. The maximum atomic E-state index is 12.6. The average Bonchev–Trinajstić information content (AvgIpc) is 3.02. The summed E-state index contributed by atoms with van der Waals surface area (Å²) in [5, 5.41) is 0.186. The third kappa shape index (κ3) is 5.91. The number of rotatable bonds is 7. The highest BCUT2D eigenvalue weighted by molar-refractivity contribution is 6.74. The van der Waals surface area contributed by atoms with Crippen LogP contribution in [0.2, 0.25) is 36.3 Å². The van der Waals surface area contributed by atoms with Gasteiger partial charge < -0.3 is 13.6 Å². The Bertz CT molecular complexity index is 909. The molecular formula is C23H44N2O5Si2. The van der Waals surface area contributed by atoms with Gasteiger partial charge in [-0.25, -0.2) is 4.79 Å². The van der Waals surface area contributed by atoms with E-state index < -0.39 is 22.3 Å². The van der Waals surface area contributed by atoms with Crippen LogP contribution in [0.25, 0.3) is 0 Å². The van der Waals surface area contributed by atoms with Crippen LogP contribution in [0.1, 0.15) is 53.1 Å². The maximum Gasteiger partial charge on any atom is 0.328 e. The summed E-state index contributed by atoms with van der Waals surface area (Å²) < 4.78 is 20.9. The summed E-state index contributed by atoms with van der Waals surface area (Å²) in [6.45, 7) is 25.3. The van der Waals surface area contributed by atoms with Crippen molar-refractivity contribution in [3.63, 3.8) is 0 Å². The SMILES string of the molecule is Cc1cn([C@H]2CO[C@@H](CO[Si](C)(C)C(C)(C)C)[C@@H]2CO[Si](C)(C)C(C)(C)C)c(=O)[nH]c1=O. The van der Waals surface area contributed by atoms with Crippen LogP contribution in [-0.4, -0.2) is 52.1 Å². The zero-order valence-corrected chi connectivity index (χ0v) is 23.9. The van der Waals surface area contributed by atoms with Crippen molar-refractivity contribution in [1.82, 2.24) is 9.55 Å². The third-order valence-electron chi connectivity index (χ3n) is 7.81. The van der Waals surface area contributed by atoms with Crippen molar-refractivity contribution >= 4 is 16.6 Å². The fraction of sp³-hybridized carbons (Fsp3) is 0.826. The minimum Gasteiger partial charge on any atom is -0.416 e. The first kappa shape index (κ1) is 27.2. The van der Waals surface area contributed by atoms with E-state index in [1.807, 2.05) is 0 Å². The third-order valence-corrected chi connectivity index (χ3v) is 16.8. The zero-order chi connectivity index (χ0) is 24.7. The lowest BCUT2D eigenvalue weighted by Gasteiger charge is -2.39. The molecule has 1 aliphatic heterocycles. The number of aromatic amines is 1. The number of nitrogens with zero attached hydrogens (tertiary/aromatic N) is 1. The molecule has 7 nitrogen and oxygen atoms in total. The lowest BCUT2D eigenvalue weighted by molar-refractivity contribution is 0.0319. The van der Waals surface area contributed by atoms with Gasteiger partial charge in [0, 0.05) is 24.3 Å². The van der Waals surface area contributed by atoms with E-state index in [1.54, 1.807) is 17.7 Å². The molecule has 1 aromatic rings. The van der Waals surface area contributed by atoms with Crippen molar-refractivity contribution in [2.24, 2.45) is 5.92 Å². The Labute approximate surface area is 195 Å². The molecule has 9 heteroatoms. The van der Waals surface area contributed by atoms with Crippen LogP contribution in [-0.2, 0) is 13.6 Å². The minimum absolute atomic E-state index is 0.0445. The van der Waals surface area contributed by atoms with Gasteiger partial charge in [0.1, 0.15) is 0 Å². The van der Waals surface area contributed by atoms with E-state index >= 15 is 0 Å². The van der Waals surface area contributed by atoms with E-state index in [0.29, 0.717) is 25.4 Å². The van der Waals surface area contributed by atoms with Gasteiger partial charge in [-0.15, -0.1) is 0 Å². The lowest BCUT2D eigenvalue weighted by atomic mass is 9.98. The highest BCUT2D eigenvalue weighted by atomic mass is 28.4. The molecule has 0 spiro atoms. The normalized spacial score (nSPS) is 23.0. The first-order chi connectivity index (χ1) is 14.4. The highest BCUT2D eigenvalue weighted by Crippen LogP contribution is 2.40. The molecule has 0 unspecified atom stereocenters. The van der Waals surface area contributed by atoms with E-state index in [2.05, 4.69) is 72.7 Å². The minimum atomic E-state index is -1.99. The van der Waals surface area contributed by atoms with Gasteiger partial charge in [0.15, 0.2) is 16.6 Å². The van der Waals surface area contributed by atoms with Crippen LogP contribution in [0.3, 0.4) is 0 Å². The number of hydrogen-bond donors (Lipinski definition) is 1. The molecule has 1 N–H and O–H groups in total. The molecule has 0 amide bonds. The summed E-state index contributed by atoms with van der Waals surface area (Å²) >= 11 is 0. The Balaban J connectivity index is 2.33. The predicted molar refractivity (Wildman–Crippen MR) is 135 cm³/mol. The monoisotopic (exact) mass is 484 g/mol. The standard InChI is InChI=1S/C23H44N2O5Si2/c1-16-12-25(21(27)24-20(16)26)18-14-28-19(15-30-32(10,11)23(5,6)7)17(18)13-29-31(8,9)22(2,3)4/h12,17-19H,13-15H2,1-11H3,(H,24,26,27)/t17-,18+,19+/m1/s1. The number of hydrogen-bond acceptors (Lipinski definition) is 5. The lowest BCUT2D eigenvalue weighted by Crippen LogP contribution is -2.46. The molecule has 1 aromatic heterocycles. The molecule has 0 saturated carbocycles. The predicted octanol–water partition coefficient (Wildman–Crippen LogP) is 4.44. The molecule has 0 aliphatic carbocycles. The summed E-state index contributed by atoms with van der Waals surface area (Å²) in [6, 6.07) is -0.212. The van der Waals surface area contributed by atoms with Gasteiger partial charge in [0.25, 0.3) is 5.56 Å². The topological polar surface area (TPSA) is 82.6 Å². The number of H-pyrrole nitrogens is 1. The molecule has 32 heavy (non-hydrogen) atoms. The molecule has 2 rings (SSSR count). The Morgan fingerprint density at radius 2 is 1.50 bits per heavy atom. The molecule has 1 fully saturated rings. The fourth-order valence-corrected chi connectivity index (χ4v) is 5.31. The van der Waals surface area contributed by atoms with Gasteiger partial charge >= 0.3 is 5.69 Å². The Kier molecular flexibility index (Phi) is 7.94. The van der Waals surface area contributed by atoms with Crippen LogP contribution in [0.15, 0.2) is 15.8 Å². The van der Waals surface area contributed by atoms with Crippen LogP contribution in [0, 0.1) is 12.8 Å². The molecule has 3 atom stereocenters. The quantitative estimate of drug-likeness (QED) is 0.578. The van der Waals surface area contributed by atoms with Crippen LogP contribution < -0.4 is 11.2 Å². The van der Waals surface area contributed by atoms with E-state index in [1.165, 1.54) is 0 Å². The Morgan fingerprint density at radius 3 is 2.00 bits per heavy atom. The van der Waals surface area contributed by atoms with Crippen LogP contribution in [0.4, 0.5) is 0 Å². The molecule has 184 valence electrons. The fourth-order valence-electron chi connectivity index (χ4n) is 3.25. The summed E-state index contributed by atoms with van der Waals surface area (Å²) in [6.07, 6.45) is 1.48. The second-order valence-electron chi connectivity index (χ2n) is 12.2. The van der Waals surface area contributed by atoms with E-state index in [4.69, 9.17) is 13.6 Å². The van der Waals surface area contributed by atoms with Crippen molar-refractivity contribution in [3.8, 4) is 0 Å². The number of nitrogens with one attached hydrogen (secondary N) is 1. The Morgan fingerprint density at radius 1 is 1.00 bits per heavy atom. The van der Waals surface area contributed by atoms with E-state index in [9.17, 15) is 9.59 Å². The number of aryl methyl sites for hydroxylation is 1. The van der Waals surface area contributed by atoms with Gasteiger partial charge in [0.05, 0.1) is 25.4 Å². The molecule has 1 saturated heterocycles. The summed E-state index contributed by atoms with van der Waals surface area (Å²) in [5.74, 6) is -0.0445. The molecule has 1 aliphatic rings. The molecule has 0 aromatic carbocycles. The molecule has 0 radical (unpaired) electrons. The second kappa shape index (κ2) is 9.33. The van der Waals surface area contributed by atoms with E-state index in [0.717, 1.165) is 0 Å². The summed E-state index contributed by atoms with van der Waals surface area (Å²) in [5.41, 5.74) is -0.246. The van der Waals surface area contributed by atoms with Crippen molar-refractivity contribution in [3.05, 3.63) is 32.6 Å². The largest absolute Gasteiger partial charge is 0.416 e. The number of aromatic nitrogens is 2. The van der Waals surface area contributed by atoms with Gasteiger partial charge in [-0.1, -0.05) is 41.5 Å². The summed E-state index contributed by atoms with van der Waals surface area (Å²) in [7, 11) is -3.94. The summed E-state index contributed by atoms with van der Waals surface area (Å²) in [4.78, 5) is 27.0. The maximum absolute atomic E-state index is 12.6. The van der Waals surface area contributed by atoms with E-state index in [-0.39, 0.29) is 33.7 Å². The van der Waals surface area contributed by atoms with Gasteiger partial charge in [0.2, 0.25) is 0 Å². The van der Waals surface area contributed by atoms with Crippen molar-refractivity contribution in [2.45, 2.75) is 96.9 Å². The molecule has 0 bridgehead atoms. The second-order valence-corrected chi connectivity index (χ2v) is 21.8. The van der Waals surface area contributed by atoms with Crippen molar-refractivity contribution in [2.75, 3.05) is 19.8 Å². The first-order valence-electron chi connectivity index (χ1n) is 11.6. The van der Waals surface area contributed by atoms with Crippen molar-refractivity contribution < 1.29 is 13.6 Å². The van der Waals surface area contributed by atoms with Gasteiger partial charge in [-0.2, -0.15) is 0 Å². The highest BCUT2D eigenvalue weighted by Gasteiger charge is 2.45. The molecule has 2 heterocycles. The molecular weight excluding hydrogens is 440 g/mol. The smallest absolute Gasteiger partial charge is 0.328 e. The van der Waals surface area contributed by atoms with Crippen LogP contribution >= 0.6 is 0 Å². The zero-order valence-electron chi connectivity index (χ0n) is 21.9. The van der Waals surface area contributed by atoms with Gasteiger partial charge in [-0.05, 0) is 43.2 Å².